The summed E-state index contributed by atoms with van der Waals surface area (Å²) in [4.78, 5) is 62.8. The third kappa shape index (κ3) is 26.0. The van der Waals surface area contributed by atoms with Gasteiger partial charge in [-0.15, -0.1) is 0 Å². The first-order chi connectivity index (χ1) is 26.0. The predicted octanol–water partition coefficient (Wildman–Crippen LogP) is 2.38. The Morgan fingerprint density at radius 1 is 0.536 bits per heavy atom. The molecule has 3 rings (SSSR count). The number of rotatable bonds is 14. The van der Waals surface area contributed by atoms with Gasteiger partial charge in [0, 0.05) is 5.56 Å². The lowest BCUT2D eigenvalue weighted by atomic mass is 10.1. The summed E-state index contributed by atoms with van der Waals surface area (Å²) in [5, 5.41) is 53.4. The minimum absolute atomic E-state index is 0.0208. The molecule has 15 N–H and O–H groups in total. The molecule has 0 aliphatic rings. The van der Waals surface area contributed by atoms with Crippen molar-refractivity contribution in [3.8, 4) is 5.75 Å². The van der Waals surface area contributed by atoms with Gasteiger partial charge in [-0.05, 0) is 73.4 Å². The van der Waals surface area contributed by atoms with Crippen molar-refractivity contribution >= 4 is 35.8 Å². The first-order valence-corrected chi connectivity index (χ1v) is 17.3. The van der Waals surface area contributed by atoms with Crippen LogP contribution in [0.4, 0.5) is 0 Å². The Bertz CT molecular complexity index is 1550. The first kappa shape index (κ1) is 52.2. The number of amides is 1. The van der Waals surface area contributed by atoms with Gasteiger partial charge >= 0.3 is 29.8 Å². The summed E-state index contributed by atoms with van der Waals surface area (Å²) in [7, 11) is 0. The summed E-state index contributed by atoms with van der Waals surface area (Å²) >= 11 is 0. The molecule has 0 aliphatic heterocycles. The highest BCUT2D eigenvalue weighted by molar-refractivity contribution is 5.96. The standard InChI is InChI=1S/C10H11NO4.2C9H11NO2.C6H13NO2.C5H11NO2/c1-6(10(14)15)11-9(13)7-2-4-8(12)5-3-7;2*10-8(9(11)12)6-7-4-2-1-3-5-7;1-4(2)3-5(7)6(8)9;1-3(2)4(6)5(7)8/h2-6,12H,1H3,(H,11,13)(H,14,15);2*1-5,8H,6,10H2,(H,11,12);4-5H,3,7H2,1-2H3,(H,8,9);3-4H,6H2,1-2H3,(H,7,8)/t6-;2*8-;5-;4-/m11111/s1. The average molecular weight is 788 g/mol. The second-order valence-corrected chi connectivity index (χ2v) is 13.0. The Morgan fingerprint density at radius 3 is 1.16 bits per heavy atom. The number of carboxylic acids is 5. The van der Waals surface area contributed by atoms with E-state index in [1.165, 1.54) is 31.2 Å². The third-order valence-electron chi connectivity index (χ3n) is 7.12. The second kappa shape index (κ2) is 28.5. The van der Waals surface area contributed by atoms with Gasteiger partial charge in [-0.1, -0.05) is 88.4 Å². The highest BCUT2D eigenvalue weighted by Crippen LogP contribution is 2.09. The minimum atomic E-state index is -1.10. The quantitative estimate of drug-likeness (QED) is 0.112. The molecule has 17 nitrogen and oxygen atoms in total. The summed E-state index contributed by atoms with van der Waals surface area (Å²) in [5.41, 5.74) is 23.3. The topological polar surface area (TPSA) is 340 Å². The van der Waals surface area contributed by atoms with Gasteiger partial charge in [0.25, 0.3) is 5.91 Å². The van der Waals surface area contributed by atoms with Crippen LogP contribution in [-0.2, 0) is 36.8 Å². The molecule has 0 saturated heterocycles. The van der Waals surface area contributed by atoms with Crippen molar-refractivity contribution in [3.05, 3.63) is 102 Å². The molecule has 0 fully saturated rings. The van der Waals surface area contributed by atoms with E-state index >= 15 is 0 Å². The molecule has 310 valence electrons. The summed E-state index contributed by atoms with van der Waals surface area (Å²) in [5.74, 6) is -4.91. The molecule has 0 bridgehead atoms. The van der Waals surface area contributed by atoms with Gasteiger partial charge in [-0.3, -0.25) is 28.8 Å². The lowest BCUT2D eigenvalue weighted by Crippen LogP contribution is -2.38. The molecular weight excluding hydrogens is 730 g/mol. The fraction of sp³-hybridized carbons (Fsp3) is 0.385. The Balaban J connectivity index is 0. The van der Waals surface area contributed by atoms with Crippen molar-refractivity contribution in [3.63, 3.8) is 0 Å². The van der Waals surface area contributed by atoms with Crippen molar-refractivity contribution in [2.45, 2.75) is 84.1 Å². The van der Waals surface area contributed by atoms with E-state index in [-0.39, 0.29) is 11.7 Å². The van der Waals surface area contributed by atoms with Crippen molar-refractivity contribution in [2.75, 3.05) is 0 Å². The Kier molecular flexibility index (Phi) is 26.6. The number of aromatic hydroxyl groups is 1. The van der Waals surface area contributed by atoms with Crippen LogP contribution in [0.5, 0.6) is 5.75 Å². The number of phenolic OH excluding ortho intramolecular Hbond substituents is 1. The van der Waals surface area contributed by atoms with Gasteiger partial charge in [0.15, 0.2) is 0 Å². The molecule has 5 atom stereocenters. The van der Waals surface area contributed by atoms with Crippen LogP contribution in [0, 0.1) is 11.8 Å². The zero-order chi connectivity index (χ0) is 43.5. The van der Waals surface area contributed by atoms with E-state index in [4.69, 9.17) is 53.6 Å². The number of aliphatic carboxylic acids is 5. The van der Waals surface area contributed by atoms with Crippen LogP contribution < -0.4 is 28.3 Å². The highest BCUT2D eigenvalue weighted by Gasteiger charge is 2.16. The molecule has 17 heteroatoms. The average Bonchev–Trinajstić information content (AvgIpc) is 3.13. The van der Waals surface area contributed by atoms with Gasteiger partial charge in [-0.25, -0.2) is 0 Å². The van der Waals surface area contributed by atoms with E-state index in [0.717, 1.165) is 11.1 Å². The minimum Gasteiger partial charge on any atom is -0.508 e. The van der Waals surface area contributed by atoms with E-state index in [1.54, 1.807) is 13.8 Å². The molecular formula is C39H57N5O12. The Morgan fingerprint density at radius 2 is 0.911 bits per heavy atom. The van der Waals surface area contributed by atoms with E-state index in [2.05, 4.69) is 5.32 Å². The number of hydrogen-bond acceptors (Lipinski definition) is 11. The summed E-state index contributed by atoms with van der Waals surface area (Å²) in [6.45, 7) is 8.82. The van der Waals surface area contributed by atoms with Crippen LogP contribution in [0.2, 0.25) is 0 Å². The van der Waals surface area contributed by atoms with Crippen molar-refractivity contribution in [1.29, 1.82) is 0 Å². The molecule has 56 heavy (non-hydrogen) atoms. The SMILES string of the molecule is CC(C)C[C@@H](N)C(=O)O.CC(C)[C@@H](N)C(=O)O.C[C@@H](NC(=O)c1ccc(O)cc1)C(=O)O.N[C@H](Cc1ccccc1)C(=O)O.N[C@H](Cc1ccccc1)C(=O)O. The molecule has 3 aromatic carbocycles. The largest absolute Gasteiger partial charge is 0.508 e. The lowest BCUT2D eigenvalue weighted by Gasteiger charge is -2.08. The van der Waals surface area contributed by atoms with Gasteiger partial charge in [-0.2, -0.15) is 0 Å². The molecule has 0 saturated carbocycles. The van der Waals surface area contributed by atoms with E-state index in [0.29, 0.717) is 30.7 Å². The number of carbonyl (C=O) groups is 6. The maximum atomic E-state index is 11.4. The smallest absolute Gasteiger partial charge is 0.325 e. The molecule has 0 spiro atoms. The van der Waals surface area contributed by atoms with E-state index < -0.39 is 66.0 Å². The van der Waals surface area contributed by atoms with Crippen molar-refractivity contribution in [2.24, 2.45) is 34.8 Å². The maximum absolute atomic E-state index is 11.4. The van der Waals surface area contributed by atoms with Crippen molar-refractivity contribution < 1.29 is 59.4 Å². The zero-order valence-corrected chi connectivity index (χ0v) is 32.2. The molecule has 0 radical (unpaired) electrons. The molecule has 0 aromatic heterocycles. The van der Waals surface area contributed by atoms with Crippen LogP contribution >= 0.6 is 0 Å². The lowest BCUT2D eigenvalue weighted by molar-refractivity contribution is -0.140. The van der Waals surface area contributed by atoms with Gasteiger partial charge < -0.3 is 58.9 Å². The predicted molar refractivity (Wildman–Crippen MR) is 210 cm³/mol. The molecule has 0 unspecified atom stereocenters. The molecule has 0 heterocycles. The second-order valence-electron chi connectivity index (χ2n) is 13.0. The number of hydrogen-bond donors (Lipinski definition) is 11. The fourth-order valence-electron chi connectivity index (χ4n) is 3.76. The summed E-state index contributed by atoms with van der Waals surface area (Å²) < 4.78 is 0. The molecule has 1 amide bonds. The number of carboxylic acid groups (broad SMARTS) is 5. The molecule has 0 aliphatic carbocycles. The first-order valence-electron chi connectivity index (χ1n) is 17.3. The van der Waals surface area contributed by atoms with Crippen molar-refractivity contribution in [1.82, 2.24) is 5.32 Å². The number of nitrogens with one attached hydrogen (secondary N) is 1. The fourth-order valence-corrected chi connectivity index (χ4v) is 3.76. The number of phenols is 1. The van der Waals surface area contributed by atoms with E-state index in [1.807, 2.05) is 74.5 Å². The highest BCUT2D eigenvalue weighted by atomic mass is 16.4. The van der Waals surface area contributed by atoms with Crippen LogP contribution in [0.3, 0.4) is 0 Å². The number of carbonyl (C=O) groups excluding carboxylic acids is 1. The monoisotopic (exact) mass is 787 g/mol. The molecule has 3 aromatic rings. The third-order valence-corrected chi connectivity index (χ3v) is 7.12. The van der Waals surface area contributed by atoms with Gasteiger partial charge in [0.1, 0.15) is 36.0 Å². The summed E-state index contributed by atoms with van der Waals surface area (Å²) in [6.07, 6.45) is 1.32. The van der Waals surface area contributed by atoms with Gasteiger partial charge in [0.2, 0.25) is 0 Å². The van der Waals surface area contributed by atoms with Crippen LogP contribution in [0.15, 0.2) is 84.9 Å². The summed E-state index contributed by atoms with van der Waals surface area (Å²) in [6, 6.07) is 20.3. The zero-order valence-electron chi connectivity index (χ0n) is 32.2. The Hall–Kier alpha value is -5.88. The maximum Gasteiger partial charge on any atom is 0.325 e. The number of benzene rings is 3. The van der Waals surface area contributed by atoms with Crippen LogP contribution in [0.1, 0.15) is 62.5 Å². The normalized spacial score (nSPS) is 12.7. The number of nitrogens with two attached hydrogens (primary N) is 4. The van der Waals surface area contributed by atoms with Gasteiger partial charge in [0.05, 0.1) is 0 Å². The van der Waals surface area contributed by atoms with Crippen LogP contribution in [-0.4, -0.2) is 96.6 Å². The van der Waals surface area contributed by atoms with Crippen LogP contribution in [0.25, 0.3) is 0 Å². The van der Waals surface area contributed by atoms with E-state index in [9.17, 15) is 28.8 Å². The Labute approximate surface area is 326 Å².